The van der Waals surface area contributed by atoms with Crippen LogP contribution in [0, 0.1) is 11.8 Å². The van der Waals surface area contributed by atoms with Crippen molar-refractivity contribution < 1.29 is 9.59 Å². The molecule has 3 heterocycles. The molecule has 30 heavy (non-hydrogen) atoms. The van der Waals surface area contributed by atoms with E-state index in [9.17, 15) is 9.59 Å². The van der Waals surface area contributed by atoms with Crippen molar-refractivity contribution in [2.45, 2.75) is 64.2 Å². The zero-order valence-electron chi connectivity index (χ0n) is 18.0. The van der Waals surface area contributed by atoms with Crippen LogP contribution in [0.2, 0.25) is 0 Å². The number of fused-ring (bicyclic) bond motifs is 1. The van der Waals surface area contributed by atoms with Crippen molar-refractivity contribution in [2.24, 2.45) is 11.8 Å². The Morgan fingerprint density at radius 2 is 1.43 bits per heavy atom. The number of carbonyl (C=O) groups excluding carboxylic acids is 2. The van der Waals surface area contributed by atoms with E-state index in [1.54, 1.807) is 11.3 Å². The monoisotopic (exact) mass is 430 g/mol. The summed E-state index contributed by atoms with van der Waals surface area (Å²) in [4.78, 5) is 38.4. The van der Waals surface area contributed by atoms with E-state index in [2.05, 4.69) is 14.7 Å². The Kier molecular flexibility index (Phi) is 5.98. The molecule has 1 atom stereocenters. The molecule has 7 heteroatoms. The number of amides is 2. The van der Waals surface area contributed by atoms with E-state index in [0.717, 1.165) is 89.3 Å². The van der Waals surface area contributed by atoms with Crippen LogP contribution in [0.1, 0.15) is 61.9 Å². The number of piperazine rings is 1. The standard InChI is InChI=1S/C23H34N4O2S/c28-21(17-6-5-7-17)26-12-14-27(15-13-26)23-24-19-9-8-18(16-20(19)30-23)22(29)25-10-3-1-2-4-11-25/h17-18H,1-16H2/t18-/m1/s1. The number of rotatable bonds is 3. The lowest BCUT2D eigenvalue weighted by molar-refractivity contribution is -0.138. The fourth-order valence-corrected chi connectivity index (χ4v) is 6.53. The van der Waals surface area contributed by atoms with E-state index >= 15 is 0 Å². The van der Waals surface area contributed by atoms with Crippen molar-refractivity contribution in [3.63, 3.8) is 0 Å². The molecular weight excluding hydrogens is 396 g/mol. The highest BCUT2D eigenvalue weighted by Gasteiger charge is 2.34. The van der Waals surface area contributed by atoms with E-state index in [1.807, 2.05) is 0 Å². The maximum Gasteiger partial charge on any atom is 0.226 e. The quantitative estimate of drug-likeness (QED) is 0.739. The Morgan fingerprint density at radius 1 is 0.767 bits per heavy atom. The first-order valence-corrected chi connectivity index (χ1v) is 12.8. The van der Waals surface area contributed by atoms with Crippen molar-refractivity contribution in [1.29, 1.82) is 0 Å². The second-order valence-electron chi connectivity index (χ2n) is 9.49. The molecule has 2 aliphatic heterocycles. The number of hydrogen-bond donors (Lipinski definition) is 0. The minimum Gasteiger partial charge on any atom is -0.345 e. The smallest absolute Gasteiger partial charge is 0.226 e. The first kappa shape index (κ1) is 20.3. The van der Waals surface area contributed by atoms with Crippen LogP contribution in [0.5, 0.6) is 0 Å². The molecule has 2 saturated heterocycles. The van der Waals surface area contributed by atoms with Gasteiger partial charge in [-0.15, -0.1) is 11.3 Å². The third-order valence-electron chi connectivity index (χ3n) is 7.51. The van der Waals surface area contributed by atoms with Gasteiger partial charge in [-0.25, -0.2) is 4.98 Å². The van der Waals surface area contributed by atoms with Gasteiger partial charge in [-0.1, -0.05) is 19.3 Å². The minimum atomic E-state index is 0.140. The van der Waals surface area contributed by atoms with Crippen molar-refractivity contribution in [3.8, 4) is 0 Å². The molecule has 0 radical (unpaired) electrons. The SMILES string of the molecule is O=C(C1CCC1)N1CCN(c2nc3c(s2)C[C@H](C(=O)N2CCCCCC2)CC3)CC1. The van der Waals surface area contributed by atoms with Crippen LogP contribution < -0.4 is 4.90 Å². The fraction of sp³-hybridized carbons (Fsp3) is 0.783. The molecule has 4 aliphatic rings. The Hall–Kier alpha value is -1.63. The first-order valence-electron chi connectivity index (χ1n) is 12.0. The first-order chi connectivity index (χ1) is 14.7. The van der Waals surface area contributed by atoms with E-state index < -0.39 is 0 Å². The van der Waals surface area contributed by atoms with Crippen molar-refractivity contribution >= 4 is 28.3 Å². The number of anilines is 1. The van der Waals surface area contributed by atoms with Crippen LogP contribution in [-0.4, -0.2) is 65.9 Å². The molecule has 3 fully saturated rings. The second-order valence-corrected chi connectivity index (χ2v) is 10.5. The zero-order valence-corrected chi connectivity index (χ0v) is 18.8. The van der Waals surface area contributed by atoms with Crippen LogP contribution in [0.4, 0.5) is 5.13 Å². The van der Waals surface area contributed by atoms with Gasteiger partial charge in [0.25, 0.3) is 0 Å². The zero-order chi connectivity index (χ0) is 20.5. The molecule has 5 rings (SSSR count). The Balaban J connectivity index is 1.18. The summed E-state index contributed by atoms with van der Waals surface area (Å²) in [7, 11) is 0. The van der Waals surface area contributed by atoms with Gasteiger partial charge < -0.3 is 14.7 Å². The van der Waals surface area contributed by atoms with E-state index in [1.165, 1.54) is 29.8 Å². The molecule has 164 valence electrons. The molecular formula is C23H34N4O2S. The molecule has 0 N–H and O–H groups in total. The summed E-state index contributed by atoms with van der Waals surface area (Å²) in [6, 6.07) is 0. The molecule has 2 amide bonds. The largest absolute Gasteiger partial charge is 0.345 e. The van der Waals surface area contributed by atoms with Crippen LogP contribution in [0.15, 0.2) is 0 Å². The fourth-order valence-electron chi connectivity index (χ4n) is 5.29. The summed E-state index contributed by atoms with van der Waals surface area (Å²) in [6.45, 7) is 5.27. The minimum absolute atomic E-state index is 0.140. The van der Waals surface area contributed by atoms with Crippen LogP contribution >= 0.6 is 11.3 Å². The number of likely N-dealkylation sites (tertiary alicyclic amines) is 1. The summed E-state index contributed by atoms with van der Waals surface area (Å²) < 4.78 is 0. The number of nitrogens with zero attached hydrogens (tertiary/aromatic N) is 4. The molecule has 0 unspecified atom stereocenters. The molecule has 0 bridgehead atoms. The number of hydrogen-bond acceptors (Lipinski definition) is 5. The van der Waals surface area contributed by atoms with Gasteiger partial charge in [0.1, 0.15) is 0 Å². The normalized spacial score (nSPS) is 25.5. The van der Waals surface area contributed by atoms with Crippen molar-refractivity contribution in [3.05, 3.63) is 10.6 Å². The highest BCUT2D eigenvalue weighted by molar-refractivity contribution is 7.15. The summed E-state index contributed by atoms with van der Waals surface area (Å²) >= 11 is 1.79. The van der Waals surface area contributed by atoms with Gasteiger partial charge in [0.2, 0.25) is 11.8 Å². The van der Waals surface area contributed by atoms with Gasteiger partial charge >= 0.3 is 0 Å². The van der Waals surface area contributed by atoms with Gasteiger partial charge in [-0.3, -0.25) is 9.59 Å². The molecule has 2 aliphatic carbocycles. The maximum absolute atomic E-state index is 13.1. The maximum atomic E-state index is 13.1. The lowest BCUT2D eigenvalue weighted by Crippen LogP contribution is -2.51. The molecule has 6 nitrogen and oxygen atoms in total. The summed E-state index contributed by atoms with van der Waals surface area (Å²) in [5.74, 6) is 1.18. The van der Waals surface area contributed by atoms with Crippen LogP contribution in [-0.2, 0) is 22.4 Å². The molecule has 1 aromatic rings. The third kappa shape index (κ3) is 4.10. The van der Waals surface area contributed by atoms with Gasteiger partial charge in [0.15, 0.2) is 5.13 Å². The lowest BCUT2D eigenvalue weighted by Gasteiger charge is -2.38. The molecule has 1 aromatic heterocycles. The number of aryl methyl sites for hydroxylation is 1. The molecule has 0 spiro atoms. The van der Waals surface area contributed by atoms with E-state index in [-0.39, 0.29) is 5.92 Å². The highest BCUT2D eigenvalue weighted by Crippen LogP contribution is 2.36. The summed E-state index contributed by atoms with van der Waals surface area (Å²) in [5, 5.41) is 1.10. The Morgan fingerprint density at radius 3 is 2.10 bits per heavy atom. The second kappa shape index (κ2) is 8.85. The number of carbonyl (C=O) groups is 2. The number of aromatic nitrogens is 1. The predicted octanol–water partition coefficient (Wildman–Crippen LogP) is 3.10. The summed E-state index contributed by atoms with van der Waals surface area (Å²) in [6.07, 6.45) is 10.9. The van der Waals surface area contributed by atoms with E-state index in [4.69, 9.17) is 4.98 Å². The lowest BCUT2D eigenvalue weighted by atomic mass is 9.84. The topological polar surface area (TPSA) is 56.8 Å². The van der Waals surface area contributed by atoms with E-state index in [0.29, 0.717) is 17.7 Å². The summed E-state index contributed by atoms with van der Waals surface area (Å²) in [5.41, 5.74) is 1.21. The average Bonchev–Trinajstić information content (AvgIpc) is 2.97. The van der Waals surface area contributed by atoms with Crippen LogP contribution in [0.25, 0.3) is 0 Å². The van der Waals surface area contributed by atoms with Crippen molar-refractivity contribution in [2.75, 3.05) is 44.2 Å². The van der Waals surface area contributed by atoms with Crippen molar-refractivity contribution in [1.82, 2.24) is 14.8 Å². The molecule has 0 aromatic carbocycles. The Bertz CT molecular complexity index is 774. The highest BCUT2D eigenvalue weighted by atomic mass is 32.1. The van der Waals surface area contributed by atoms with Gasteiger partial charge in [-0.2, -0.15) is 0 Å². The van der Waals surface area contributed by atoms with Gasteiger partial charge in [0.05, 0.1) is 5.69 Å². The number of thiazole rings is 1. The van der Waals surface area contributed by atoms with Gasteiger partial charge in [0, 0.05) is 56.0 Å². The average molecular weight is 431 g/mol. The Labute approximate surface area is 183 Å². The van der Waals surface area contributed by atoms with Gasteiger partial charge in [-0.05, 0) is 44.9 Å². The van der Waals surface area contributed by atoms with Crippen LogP contribution in [0.3, 0.4) is 0 Å². The third-order valence-corrected chi connectivity index (χ3v) is 8.69. The molecule has 1 saturated carbocycles. The predicted molar refractivity (Wildman–Crippen MR) is 119 cm³/mol.